The van der Waals surface area contributed by atoms with Gasteiger partial charge in [-0.2, -0.15) is 0 Å². The monoisotopic (exact) mass is 235 g/mol. The van der Waals surface area contributed by atoms with Gasteiger partial charge < -0.3 is 5.32 Å². The van der Waals surface area contributed by atoms with E-state index >= 15 is 0 Å². The molecule has 3 heteroatoms. The van der Waals surface area contributed by atoms with E-state index in [4.69, 9.17) is 0 Å². The van der Waals surface area contributed by atoms with Gasteiger partial charge in [-0.25, -0.2) is 0 Å². The Hall–Kier alpha value is -1.09. The summed E-state index contributed by atoms with van der Waals surface area (Å²) in [4.78, 5) is 11.4. The predicted octanol–water partition coefficient (Wildman–Crippen LogP) is 1.92. The molecule has 0 aromatic rings. The number of amides is 1. The summed E-state index contributed by atoms with van der Waals surface area (Å²) in [5, 5.41) is 2.84. The number of halogens is 1. The Labute approximate surface area is 83.8 Å². The molecule has 1 amide bonds. The minimum Gasteiger partial charge on any atom is -0.322 e. The second-order valence-corrected chi connectivity index (χ2v) is 4.14. The zero-order valence-electron chi connectivity index (χ0n) is 6.73. The summed E-state index contributed by atoms with van der Waals surface area (Å²) >= 11 is 3.45. The first-order valence-corrected chi connectivity index (χ1v) is 4.88. The fourth-order valence-corrected chi connectivity index (χ4v) is 2.35. The average molecular weight is 236 g/mol. The lowest BCUT2D eigenvalue weighted by molar-refractivity contribution is -0.115. The summed E-state index contributed by atoms with van der Waals surface area (Å²) in [6.07, 6.45) is 6.78. The van der Waals surface area contributed by atoms with E-state index in [9.17, 15) is 4.79 Å². The zero-order valence-corrected chi connectivity index (χ0v) is 8.31. The molecule has 0 unspecified atom stereocenters. The van der Waals surface area contributed by atoms with Crippen LogP contribution in [0.2, 0.25) is 0 Å². The van der Waals surface area contributed by atoms with Gasteiger partial charge in [0.05, 0.1) is 0 Å². The first-order valence-electron chi connectivity index (χ1n) is 4.09. The maximum Gasteiger partial charge on any atom is 0.256 e. The van der Waals surface area contributed by atoms with Gasteiger partial charge in [0.25, 0.3) is 5.91 Å². The van der Waals surface area contributed by atoms with Gasteiger partial charge in [0.15, 0.2) is 0 Å². The van der Waals surface area contributed by atoms with E-state index < -0.39 is 0 Å². The number of nitrogens with one attached hydrogen (secondary N) is 1. The summed E-state index contributed by atoms with van der Waals surface area (Å²) in [6.45, 7) is 0. The number of hydrogen-bond donors (Lipinski definition) is 1. The summed E-state index contributed by atoms with van der Waals surface area (Å²) in [5.74, 6) is 0.0209. The average Bonchev–Trinajstić information content (AvgIpc) is 2.45. The second-order valence-electron chi connectivity index (χ2n) is 3.29. The van der Waals surface area contributed by atoms with Crippen molar-refractivity contribution >= 4 is 21.8 Å². The number of rotatable bonds is 0. The van der Waals surface area contributed by atoms with Crippen LogP contribution < -0.4 is 5.32 Å². The first-order chi connectivity index (χ1) is 6.25. The van der Waals surface area contributed by atoms with E-state index in [1.165, 1.54) is 5.57 Å². The van der Waals surface area contributed by atoms with Crippen molar-refractivity contribution in [3.05, 3.63) is 45.1 Å². The summed E-state index contributed by atoms with van der Waals surface area (Å²) < 4.78 is 1.03. The van der Waals surface area contributed by atoms with Crippen LogP contribution in [-0.2, 0) is 4.79 Å². The molecular weight excluding hydrogens is 230 g/mol. The Balaban J connectivity index is 2.31. The highest BCUT2D eigenvalue weighted by atomic mass is 79.9. The molecule has 1 aliphatic heterocycles. The lowest BCUT2D eigenvalue weighted by Crippen LogP contribution is -2.15. The number of carbonyl (C=O) groups excluding carboxylic acids is 1. The Bertz CT molecular complexity index is 452. The second kappa shape index (κ2) is 2.23. The van der Waals surface area contributed by atoms with E-state index in [1.807, 2.05) is 18.2 Å². The third kappa shape index (κ3) is 0.851. The number of carbonyl (C=O) groups is 1. The highest BCUT2D eigenvalue weighted by Crippen LogP contribution is 2.40. The van der Waals surface area contributed by atoms with Gasteiger partial charge in [0.1, 0.15) is 0 Å². The molecule has 1 N–H and O–H groups in total. The highest BCUT2D eigenvalue weighted by Gasteiger charge is 2.31. The molecule has 2 aliphatic carbocycles. The Morgan fingerprint density at radius 3 is 3.08 bits per heavy atom. The van der Waals surface area contributed by atoms with E-state index in [1.54, 1.807) is 0 Å². The molecule has 0 radical (unpaired) electrons. The lowest BCUT2D eigenvalue weighted by Gasteiger charge is -2.17. The van der Waals surface area contributed by atoms with Gasteiger partial charge >= 0.3 is 0 Å². The third-order valence-electron chi connectivity index (χ3n) is 2.54. The van der Waals surface area contributed by atoms with E-state index in [-0.39, 0.29) is 5.91 Å². The quantitative estimate of drug-likeness (QED) is 0.683. The molecule has 2 nitrogen and oxygen atoms in total. The van der Waals surface area contributed by atoms with Crippen molar-refractivity contribution in [2.75, 3.05) is 0 Å². The molecule has 13 heavy (non-hydrogen) atoms. The molecule has 0 atom stereocenters. The van der Waals surface area contributed by atoms with Gasteiger partial charge in [-0.05, 0) is 23.3 Å². The molecule has 1 heterocycles. The SMILES string of the molecule is O=C1NC2=CC=C3CC2=C1C=C3Br. The third-order valence-corrected chi connectivity index (χ3v) is 3.28. The van der Waals surface area contributed by atoms with Crippen LogP contribution in [0.15, 0.2) is 45.1 Å². The van der Waals surface area contributed by atoms with E-state index in [0.717, 1.165) is 27.7 Å². The van der Waals surface area contributed by atoms with E-state index in [0.29, 0.717) is 0 Å². The van der Waals surface area contributed by atoms with E-state index in [2.05, 4.69) is 21.2 Å². The van der Waals surface area contributed by atoms with Gasteiger partial charge in [0, 0.05) is 22.2 Å². The maximum absolute atomic E-state index is 11.4. The minimum absolute atomic E-state index is 0.0209. The van der Waals surface area contributed by atoms with Crippen molar-refractivity contribution in [3.63, 3.8) is 0 Å². The molecular formula is C10H6BrNO. The van der Waals surface area contributed by atoms with Gasteiger partial charge in [-0.3, -0.25) is 4.79 Å². The van der Waals surface area contributed by atoms with Gasteiger partial charge in [-0.15, -0.1) is 0 Å². The summed E-state index contributed by atoms with van der Waals surface area (Å²) in [5.41, 5.74) is 4.18. The summed E-state index contributed by atoms with van der Waals surface area (Å²) in [7, 11) is 0. The molecule has 2 bridgehead atoms. The molecule has 0 spiro atoms. The van der Waals surface area contributed by atoms with Gasteiger partial charge in [-0.1, -0.05) is 22.0 Å². The van der Waals surface area contributed by atoms with Crippen molar-refractivity contribution in [1.82, 2.24) is 5.32 Å². The largest absolute Gasteiger partial charge is 0.322 e. The van der Waals surface area contributed by atoms with Crippen molar-refractivity contribution in [2.45, 2.75) is 6.42 Å². The van der Waals surface area contributed by atoms with Crippen LogP contribution in [0.3, 0.4) is 0 Å². The fourth-order valence-electron chi connectivity index (χ4n) is 1.85. The standard InChI is InChI=1S/C10H6BrNO/c11-8-4-7-6-3-5(8)1-2-9(6)12-10(7)13/h1-2,4H,3H2,(H,12,13). The normalized spacial score (nSPS) is 23.8. The summed E-state index contributed by atoms with van der Waals surface area (Å²) in [6, 6.07) is 0. The molecule has 0 aromatic heterocycles. The van der Waals surface area contributed by atoms with Crippen LogP contribution in [0.25, 0.3) is 0 Å². The Morgan fingerprint density at radius 1 is 1.38 bits per heavy atom. The van der Waals surface area contributed by atoms with Crippen LogP contribution in [0.4, 0.5) is 0 Å². The molecule has 0 fully saturated rings. The molecule has 0 saturated carbocycles. The fraction of sp³-hybridized carbons (Fsp3) is 0.100. The Kier molecular flexibility index (Phi) is 1.26. The van der Waals surface area contributed by atoms with Crippen LogP contribution in [0.5, 0.6) is 0 Å². The van der Waals surface area contributed by atoms with Crippen molar-refractivity contribution < 1.29 is 4.79 Å². The smallest absolute Gasteiger partial charge is 0.256 e. The number of fused-ring (bicyclic) bond motifs is 1. The molecule has 3 aliphatic rings. The molecule has 0 saturated heterocycles. The zero-order chi connectivity index (χ0) is 9.00. The molecule has 0 aromatic carbocycles. The topological polar surface area (TPSA) is 29.1 Å². The Morgan fingerprint density at radius 2 is 2.23 bits per heavy atom. The maximum atomic E-state index is 11.4. The number of hydrogen-bond acceptors (Lipinski definition) is 1. The molecule has 3 rings (SSSR count). The lowest BCUT2D eigenvalue weighted by atomic mass is 9.90. The number of allylic oxidation sites excluding steroid dienone is 5. The first kappa shape index (κ1) is 7.33. The van der Waals surface area contributed by atoms with Crippen LogP contribution in [-0.4, -0.2) is 5.91 Å². The van der Waals surface area contributed by atoms with Crippen molar-refractivity contribution in [1.29, 1.82) is 0 Å². The van der Waals surface area contributed by atoms with Crippen LogP contribution in [0, 0.1) is 0 Å². The minimum atomic E-state index is 0.0209. The van der Waals surface area contributed by atoms with Crippen molar-refractivity contribution in [3.8, 4) is 0 Å². The van der Waals surface area contributed by atoms with Crippen molar-refractivity contribution in [2.24, 2.45) is 0 Å². The highest BCUT2D eigenvalue weighted by molar-refractivity contribution is 9.12. The van der Waals surface area contributed by atoms with Crippen LogP contribution in [0.1, 0.15) is 6.42 Å². The van der Waals surface area contributed by atoms with Gasteiger partial charge in [0.2, 0.25) is 0 Å². The predicted molar refractivity (Wildman–Crippen MR) is 53.0 cm³/mol. The molecule has 64 valence electrons. The van der Waals surface area contributed by atoms with Crippen LogP contribution >= 0.6 is 15.9 Å².